The topological polar surface area (TPSA) is 33.1 Å². The van der Waals surface area contributed by atoms with E-state index >= 15 is 0 Å². The minimum absolute atomic E-state index is 0.818. The molecular weight excluding hydrogens is 198 g/mol. The van der Waals surface area contributed by atoms with Crippen LogP contribution in [0.25, 0.3) is 0 Å². The third-order valence-electron chi connectivity index (χ3n) is 2.77. The Kier molecular flexibility index (Phi) is 2.75. The van der Waals surface area contributed by atoms with Crippen molar-refractivity contribution in [2.75, 3.05) is 0 Å². The van der Waals surface area contributed by atoms with Gasteiger partial charge in [0.15, 0.2) is 0 Å². The van der Waals surface area contributed by atoms with Crippen LogP contribution in [0.4, 0.5) is 0 Å². The second-order valence-corrected chi connectivity index (χ2v) is 4.19. The summed E-state index contributed by atoms with van der Waals surface area (Å²) in [5.74, 6) is 0. The van der Waals surface area contributed by atoms with Crippen LogP contribution < -0.4 is 0 Å². The first kappa shape index (κ1) is 10.8. The second-order valence-electron chi connectivity index (χ2n) is 4.19. The number of pyridine rings is 1. The van der Waals surface area contributed by atoms with Gasteiger partial charge < -0.3 is 5.11 Å². The van der Waals surface area contributed by atoms with Gasteiger partial charge in [0.2, 0.25) is 0 Å². The molecule has 0 amide bonds. The van der Waals surface area contributed by atoms with E-state index < -0.39 is 5.60 Å². The highest BCUT2D eigenvalue weighted by atomic mass is 16.3. The Bertz CT molecular complexity index is 477. The Hall–Kier alpha value is -1.67. The van der Waals surface area contributed by atoms with Gasteiger partial charge in [0.1, 0.15) is 5.60 Å². The number of nitrogens with zero attached hydrogens (tertiary/aromatic N) is 1. The maximum absolute atomic E-state index is 10.5. The van der Waals surface area contributed by atoms with Crippen molar-refractivity contribution in [1.29, 1.82) is 0 Å². The third kappa shape index (κ3) is 1.97. The summed E-state index contributed by atoms with van der Waals surface area (Å²) in [6.07, 6.45) is 3.49. The van der Waals surface area contributed by atoms with Gasteiger partial charge in [-0.25, -0.2) is 0 Å². The molecule has 0 aliphatic heterocycles. The Morgan fingerprint density at radius 3 is 2.38 bits per heavy atom. The highest BCUT2D eigenvalue weighted by Crippen LogP contribution is 2.28. The van der Waals surface area contributed by atoms with Crippen LogP contribution in [0.1, 0.15) is 23.6 Å². The Balaban J connectivity index is 2.47. The molecule has 1 unspecified atom stereocenters. The van der Waals surface area contributed by atoms with Gasteiger partial charge in [0.05, 0.1) is 0 Å². The molecule has 1 aromatic heterocycles. The van der Waals surface area contributed by atoms with E-state index in [9.17, 15) is 5.11 Å². The lowest BCUT2D eigenvalue weighted by molar-refractivity contribution is 0.102. The molecule has 16 heavy (non-hydrogen) atoms. The quantitative estimate of drug-likeness (QED) is 0.832. The highest BCUT2D eigenvalue weighted by Gasteiger charge is 2.25. The Labute approximate surface area is 95.6 Å². The molecule has 1 atom stereocenters. The van der Waals surface area contributed by atoms with Crippen LogP contribution in [0.3, 0.4) is 0 Å². The van der Waals surface area contributed by atoms with Gasteiger partial charge in [-0.05, 0) is 31.0 Å². The van der Waals surface area contributed by atoms with Crippen molar-refractivity contribution in [2.24, 2.45) is 0 Å². The molecule has 2 heteroatoms. The van der Waals surface area contributed by atoms with Crippen molar-refractivity contribution < 1.29 is 5.11 Å². The van der Waals surface area contributed by atoms with Crippen LogP contribution in [0.15, 0.2) is 48.8 Å². The van der Waals surface area contributed by atoms with Gasteiger partial charge in [-0.15, -0.1) is 0 Å². The number of aliphatic hydroxyl groups is 1. The van der Waals surface area contributed by atoms with Crippen molar-refractivity contribution in [1.82, 2.24) is 4.98 Å². The van der Waals surface area contributed by atoms with Crippen LogP contribution in [0, 0.1) is 6.92 Å². The van der Waals surface area contributed by atoms with Crippen molar-refractivity contribution in [3.63, 3.8) is 0 Å². The lowest BCUT2D eigenvalue weighted by atomic mass is 9.89. The zero-order valence-corrected chi connectivity index (χ0v) is 9.51. The summed E-state index contributed by atoms with van der Waals surface area (Å²) in [5.41, 5.74) is 1.76. The molecule has 0 saturated heterocycles. The molecular formula is C14H15NO. The third-order valence-corrected chi connectivity index (χ3v) is 2.77. The monoisotopic (exact) mass is 213 g/mol. The summed E-state index contributed by atoms with van der Waals surface area (Å²) < 4.78 is 0. The minimum Gasteiger partial charge on any atom is -0.381 e. The molecule has 0 saturated carbocycles. The molecule has 2 rings (SSSR count). The van der Waals surface area contributed by atoms with Crippen LogP contribution in [-0.4, -0.2) is 10.1 Å². The van der Waals surface area contributed by atoms with Gasteiger partial charge in [0.25, 0.3) is 0 Å². The molecule has 1 aromatic carbocycles. The molecule has 0 spiro atoms. The Morgan fingerprint density at radius 2 is 1.75 bits per heavy atom. The van der Waals surface area contributed by atoms with E-state index in [1.807, 2.05) is 43.3 Å². The fourth-order valence-corrected chi connectivity index (χ4v) is 1.75. The summed E-state index contributed by atoms with van der Waals surface area (Å²) in [6.45, 7) is 3.76. The first-order chi connectivity index (χ1) is 7.60. The first-order valence-corrected chi connectivity index (χ1v) is 5.31. The van der Waals surface area contributed by atoms with Crippen molar-refractivity contribution in [3.05, 3.63) is 65.5 Å². The van der Waals surface area contributed by atoms with E-state index in [0.29, 0.717) is 0 Å². The number of aryl methyl sites for hydroxylation is 1. The standard InChI is InChI=1S/C14H15NO/c1-11-8-13(10-15-9-11)14(2,16)12-6-4-3-5-7-12/h3-10,16H,1-2H3. The zero-order valence-electron chi connectivity index (χ0n) is 9.51. The first-order valence-electron chi connectivity index (χ1n) is 5.31. The van der Waals surface area contributed by atoms with Crippen molar-refractivity contribution in [3.8, 4) is 0 Å². The fraction of sp³-hybridized carbons (Fsp3) is 0.214. The summed E-state index contributed by atoms with van der Waals surface area (Å²) in [7, 11) is 0. The molecule has 2 aromatic rings. The van der Waals surface area contributed by atoms with Gasteiger partial charge in [-0.2, -0.15) is 0 Å². The number of benzene rings is 1. The smallest absolute Gasteiger partial charge is 0.113 e. The molecule has 0 aliphatic rings. The van der Waals surface area contributed by atoms with E-state index in [1.165, 1.54) is 0 Å². The predicted molar refractivity (Wildman–Crippen MR) is 64.1 cm³/mol. The fourth-order valence-electron chi connectivity index (χ4n) is 1.75. The lowest BCUT2D eigenvalue weighted by Crippen LogP contribution is -2.22. The van der Waals surface area contributed by atoms with E-state index in [-0.39, 0.29) is 0 Å². The second kappa shape index (κ2) is 4.06. The normalized spacial score (nSPS) is 14.4. The lowest BCUT2D eigenvalue weighted by Gasteiger charge is -2.24. The van der Waals surface area contributed by atoms with E-state index in [1.54, 1.807) is 19.3 Å². The van der Waals surface area contributed by atoms with Crippen LogP contribution in [-0.2, 0) is 5.60 Å². The largest absolute Gasteiger partial charge is 0.381 e. The van der Waals surface area contributed by atoms with Gasteiger partial charge in [-0.3, -0.25) is 4.98 Å². The minimum atomic E-state index is -0.986. The van der Waals surface area contributed by atoms with Crippen LogP contribution >= 0.6 is 0 Å². The van der Waals surface area contributed by atoms with E-state index in [0.717, 1.165) is 16.7 Å². The highest BCUT2D eigenvalue weighted by molar-refractivity contribution is 5.34. The van der Waals surface area contributed by atoms with E-state index in [4.69, 9.17) is 0 Å². The molecule has 82 valence electrons. The van der Waals surface area contributed by atoms with Crippen LogP contribution in [0.5, 0.6) is 0 Å². The number of hydrogen-bond donors (Lipinski definition) is 1. The summed E-state index contributed by atoms with van der Waals surface area (Å²) in [4.78, 5) is 4.12. The van der Waals surface area contributed by atoms with Crippen molar-refractivity contribution >= 4 is 0 Å². The molecule has 0 fully saturated rings. The average Bonchev–Trinajstić information content (AvgIpc) is 2.30. The maximum Gasteiger partial charge on any atom is 0.113 e. The molecule has 0 bridgehead atoms. The summed E-state index contributed by atoms with van der Waals surface area (Å²) in [6, 6.07) is 11.6. The maximum atomic E-state index is 10.5. The van der Waals surface area contributed by atoms with Gasteiger partial charge in [-0.1, -0.05) is 30.3 Å². The molecule has 1 N–H and O–H groups in total. The Morgan fingerprint density at radius 1 is 1.06 bits per heavy atom. The predicted octanol–water partition coefficient (Wildman–Crippen LogP) is 2.65. The van der Waals surface area contributed by atoms with Gasteiger partial charge >= 0.3 is 0 Å². The zero-order chi connectivity index (χ0) is 11.6. The average molecular weight is 213 g/mol. The van der Waals surface area contributed by atoms with E-state index in [2.05, 4.69) is 4.98 Å². The molecule has 0 aliphatic carbocycles. The van der Waals surface area contributed by atoms with Gasteiger partial charge in [0, 0.05) is 18.0 Å². The van der Waals surface area contributed by atoms with Crippen LogP contribution in [0.2, 0.25) is 0 Å². The van der Waals surface area contributed by atoms with Crippen molar-refractivity contribution in [2.45, 2.75) is 19.4 Å². The number of hydrogen-bond acceptors (Lipinski definition) is 2. The molecule has 0 radical (unpaired) electrons. The summed E-state index contributed by atoms with van der Waals surface area (Å²) in [5, 5.41) is 10.5. The summed E-state index contributed by atoms with van der Waals surface area (Å²) >= 11 is 0. The number of aromatic nitrogens is 1. The SMILES string of the molecule is Cc1cncc(C(C)(O)c2ccccc2)c1. The molecule has 2 nitrogen and oxygen atoms in total. The number of rotatable bonds is 2. The molecule has 1 heterocycles.